The maximum atomic E-state index is 13.1. The van der Waals surface area contributed by atoms with E-state index in [0.717, 1.165) is 0 Å². The Hall–Kier alpha value is -1.16. The second kappa shape index (κ2) is 4.18. The standard InChI is InChI=1S/C8H8ClFN2O/c1-2-11-8(13)7-6(10)5(9)3-4-12-7/h3-4H,2H2,1H3,(H,11,13). The third-order valence-electron chi connectivity index (χ3n) is 1.39. The zero-order valence-electron chi connectivity index (χ0n) is 6.97. The molecule has 0 aliphatic carbocycles. The van der Waals surface area contributed by atoms with Crippen LogP contribution in [0.4, 0.5) is 4.39 Å². The van der Waals surface area contributed by atoms with E-state index in [9.17, 15) is 9.18 Å². The highest BCUT2D eigenvalue weighted by atomic mass is 35.5. The van der Waals surface area contributed by atoms with Crippen molar-refractivity contribution in [2.75, 3.05) is 6.54 Å². The molecule has 0 bridgehead atoms. The molecular weight excluding hydrogens is 195 g/mol. The number of halogens is 2. The highest BCUT2D eigenvalue weighted by molar-refractivity contribution is 6.31. The van der Waals surface area contributed by atoms with Crippen LogP contribution in [0.3, 0.4) is 0 Å². The average molecular weight is 203 g/mol. The van der Waals surface area contributed by atoms with Crippen LogP contribution < -0.4 is 5.32 Å². The minimum atomic E-state index is -0.782. The van der Waals surface area contributed by atoms with Crippen LogP contribution in [0.25, 0.3) is 0 Å². The number of rotatable bonds is 2. The Morgan fingerprint density at radius 2 is 2.46 bits per heavy atom. The number of nitrogens with zero attached hydrogens (tertiary/aromatic N) is 1. The van der Waals surface area contributed by atoms with Crippen molar-refractivity contribution >= 4 is 17.5 Å². The SMILES string of the molecule is CCNC(=O)c1nccc(Cl)c1F. The van der Waals surface area contributed by atoms with Crippen molar-refractivity contribution in [1.82, 2.24) is 10.3 Å². The van der Waals surface area contributed by atoms with Gasteiger partial charge in [0, 0.05) is 12.7 Å². The first kappa shape index (κ1) is 9.92. The summed E-state index contributed by atoms with van der Waals surface area (Å²) < 4.78 is 13.1. The van der Waals surface area contributed by atoms with Crippen molar-refractivity contribution in [2.45, 2.75) is 6.92 Å². The number of hydrogen-bond acceptors (Lipinski definition) is 2. The van der Waals surface area contributed by atoms with Gasteiger partial charge >= 0.3 is 0 Å². The van der Waals surface area contributed by atoms with E-state index >= 15 is 0 Å². The van der Waals surface area contributed by atoms with Crippen LogP contribution in [0, 0.1) is 5.82 Å². The van der Waals surface area contributed by atoms with Crippen LogP contribution >= 0.6 is 11.6 Å². The zero-order chi connectivity index (χ0) is 9.84. The van der Waals surface area contributed by atoms with Crippen LogP contribution in [0.2, 0.25) is 5.02 Å². The summed E-state index contributed by atoms with van der Waals surface area (Å²) in [6.45, 7) is 2.16. The summed E-state index contributed by atoms with van der Waals surface area (Å²) >= 11 is 5.46. The van der Waals surface area contributed by atoms with Crippen molar-refractivity contribution in [3.63, 3.8) is 0 Å². The topological polar surface area (TPSA) is 42.0 Å². The van der Waals surface area contributed by atoms with Gasteiger partial charge in [0.1, 0.15) is 0 Å². The van der Waals surface area contributed by atoms with Crippen molar-refractivity contribution in [3.8, 4) is 0 Å². The van der Waals surface area contributed by atoms with Crippen molar-refractivity contribution in [2.24, 2.45) is 0 Å². The Balaban J connectivity index is 3.01. The largest absolute Gasteiger partial charge is 0.351 e. The van der Waals surface area contributed by atoms with Crippen molar-refractivity contribution in [3.05, 3.63) is 28.8 Å². The molecule has 13 heavy (non-hydrogen) atoms. The quantitative estimate of drug-likeness (QED) is 0.792. The fraction of sp³-hybridized carbons (Fsp3) is 0.250. The van der Waals surface area contributed by atoms with Gasteiger partial charge in [-0.3, -0.25) is 4.79 Å². The highest BCUT2D eigenvalue weighted by Gasteiger charge is 2.14. The number of pyridine rings is 1. The lowest BCUT2D eigenvalue weighted by Crippen LogP contribution is -2.24. The molecule has 0 fully saturated rings. The van der Waals surface area contributed by atoms with Gasteiger partial charge in [0.05, 0.1) is 5.02 Å². The third-order valence-corrected chi connectivity index (χ3v) is 1.69. The first-order chi connectivity index (χ1) is 6.16. The Morgan fingerprint density at radius 3 is 3.08 bits per heavy atom. The van der Waals surface area contributed by atoms with Gasteiger partial charge in [-0.1, -0.05) is 11.6 Å². The first-order valence-electron chi connectivity index (χ1n) is 3.75. The summed E-state index contributed by atoms with van der Waals surface area (Å²) in [4.78, 5) is 14.7. The Kier molecular flexibility index (Phi) is 3.19. The number of carbonyl (C=O) groups excluding carboxylic acids is 1. The highest BCUT2D eigenvalue weighted by Crippen LogP contribution is 2.15. The summed E-state index contributed by atoms with van der Waals surface area (Å²) in [5, 5.41) is 2.33. The monoisotopic (exact) mass is 202 g/mol. The van der Waals surface area contributed by atoms with E-state index in [0.29, 0.717) is 6.54 Å². The van der Waals surface area contributed by atoms with Gasteiger partial charge < -0.3 is 5.32 Å². The normalized spacial score (nSPS) is 9.77. The smallest absolute Gasteiger partial charge is 0.272 e. The first-order valence-corrected chi connectivity index (χ1v) is 4.12. The summed E-state index contributed by atoms with van der Waals surface area (Å²) in [6, 6.07) is 1.29. The molecule has 0 aliphatic rings. The molecule has 70 valence electrons. The predicted octanol–water partition coefficient (Wildman–Crippen LogP) is 1.62. The summed E-state index contributed by atoms with van der Waals surface area (Å²) in [6.07, 6.45) is 1.29. The molecule has 0 spiro atoms. The molecular formula is C8H8ClFN2O. The minimum absolute atomic E-state index is 0.101. The third kappa shape index (κ3) is 2.15. The van der Waals surface area contributed by atoms with E-state index in [4.69, 9.17) is 11.6 Å². The number of aromatic nitrogens is 1. The number of nitrogens with one attached hydrogen (secondary N) is 1. The maximum Gasteiger partial charge on any atom is 0.272 e. The molecule has 0 saturated carbocycles. The molecule has 1 aromatic rings. The summed E-state index contributed by atoms with van der Waals surface area (Å²) in [5.74, 6) is -1.34. The Morgan fingerprint density at radius 1 is 1.77 bits per heavy atom. The van der Waals surface area contributed by atoms with Gasteiger partial charge in [-0.25, -0.2) is 9.37 Å². The van der Waals surface area contributed by atoms with Gasteiger partial charge in [-0.05, 0) is 13.0 Å². The fourth-order valence-corrected chi connectivity index (χ4v) is 0.969. The van der Waals surface area contributed by atoms with E-state index in [1.54, 1.807) is 6.92 Å². The van der Waals surface area contributed by atoms with Gasteiger partial charge in [0.2, 0.25) is 0 Å². The van der Waals surface area contributed by atoms with E-state index in [2.05, 4.69) is 10.3 Å². The van der Waals surface area contributed by atoms with Crippen LogP contribution in [-0.2, 0) is 0 Å². The average Bonchev–Trinajstić information content (AvgIpc) is 2.10. The Labute approximate surface area is 79.9 Å². The molecule has 1 rings (SSSR count). The van der Waals surface area contributed by atoms with Gasteiger partial charge in [-0.15, -0.1) is 0 Å². The lowest BCUT2D eigenvalue weighted by Gasteiger charge is -2.02. The van der Waals surface area contributed by atoms with Gasteiger partial charge in [0.25, 0.3) is 5.91 Å². The number of hydrogen-bond donors (Lipinski definition) is 1. The second-order valence-electron chi connectivity index (χ2n) is 2.31. The molecule has 5 heteroatoms. The lowest BCUT2D eigenvalue weighted by atomic mass is 10.3. The minimum Gasteiger partial charge on any atom is -0.351 e. The number of carbonyl (C=O) groups is 1. The van der Waals surface area contributed by atoms with E-state index in [-0.39, 0.29) is 10.7 Å². The van der Waals surface area contributed by atoms with Crippen LogP contribution in [0.15, 0.2) is 12.3 Å². The van der Waals surface area contributed by atoms with Gasteiger partial charge in [0.15, 0.2) is 11.5 Å². The summed E-state index contributed by atoms with van der Waals surface area (Å²) in [5.41, 5.74) is -0.269. The molecule has 1 aromatic heterocycles. The molecule has 1 N–H and O–H groups in total. The van der Waals surface area contributed by atoms with Crippen molar-refractivity contribution in [1.29, 1.82) is 0 Å². The lowest BCUT2D eigenvalue weighted by molar-refractivity contribution is 0.0946. The maximum absolute atomic E-state index is 13.1. The molecule has 0 atom stereocenters. The molecule has 0 saturated heterocycles. The van der Waals surface area contributed by atoms with Gasteiger partial charge in [-0.2, -0.15) is 0 Å². The van der Waals surface area contributed by atoms with E-state index in [1.807, 2.05) is 0 Å². The zero-order valence-corrected chi connectivity index (χ0v) is 7.73. The fourth-order valence-electron chi connectivity index (χ4n) is 0.823. The predicted molar refractivity (Wildman–Crippen MR) is 47.2 cm³/mol. The second-order valence-corrected chi connectivity index (χ2v) is 2.72. The van der Waals surface area contributed by atoms with Crippen molar-refractivity contribution < 1.29 is 9.18 Å². The van der Waals surface area contributed by atoms with E-state index < -0.39 is 11.7 Å². The number of amides is 1. The van der Waals surface area contributed by atoms with E-state index in [1.165, 1.54) is 12.3 Å². The summed E-state index contributed by atoms with van der Waals surface area (Å²) in [7, 11) is 0. The molecule has 0 radical (unpaired) electrons. The molecule has 1 heterocycles. The van der Waals surface area contributed by atoms with Crippen LogP contribution in [-0.4, -0.2) is 17.4 Å². The molecule has 0 aliphatic heterocycles. The molecule has 0 aromatic carbocycles. The molecule has 1 amide bonds. The Bertz CT molecular complexity index is 330. The van der Waals surface area contributed by atoms with Crippen LogP contribution in [0.5, 0.6) is 0 Å². The molecule has 0 unspecified atom stereocenters. The molecule has 3 nitrogen and oxygen atoms in total. The van der Waals surface area contributed by atoms with Crippen LogP contribution in [0.1, 0.15) is 17.4 Å².